The predicted molar refractivity (Wildman–Crippen MR) is 155 cm³/mol. The minimum atomic E-state index is -5.08. The second-order valence-corrected chi connectivity index (χ2v) is 9.38. The third-order valence-electron chi connectivity index (χ3n) is 5.77. The van der Waals surface area contributed by atoms with Gasteiger partial charge < -0.3 is 30.2 Å². The number of benzene rings is 1. The molecule has 49 heavy (non-hydrogen) atoms. The maximum Gasteiger partial charge on any atom is 0.490 e. The zero-order valence-electron chi connectivity index (χ0n) is 25.4. The van der Waals surface area contributed by atoms with Gasteiger partial charge in [-0.05, 0) is 31.0 Å². The van der Waals surface area contributed by atoms with E-state index in [1.54, 1.807) is 27.1 Å². The average molecular weight is 703 g/mol. The molecule has 0 aliphatic carbocycles. The number of H-pyrrole nitrogens is 1. The molecule has 3 aromatic heterocycles. The van der Waals surface area contributed by atoms with Crippen molar-refractivity contribution in [3.05, 3.63) is 59.7 Å². The molecule has 0 bridgehead atoms. The molecule has 0 fully saturated rings. The number of nitrogens with one attached hydrogen (secondary N) is 2. The Labute approximate surface area is 271 Å². The fourth-order valence-electron chi connectivity index (χ4n) is 3.64. The van der Waals surface area contributed by atoms with Crippen LogP contribution in [-0.2, 0) is 16.0 Å². The molecule has 0 aliphatic rings. The lowest BCUT2D eigenvalue weighted by Gasteiger charge is -2.18. The number of imidazole rings is 1. The highest BCUT2D eigenvalue weighted by Gasteiger charge is 2.38. The lowest BCUT2D eigenvalue weighted by molar-refractivity contribution is -0.193. The molecule has 1 aromatic carbocycles. The fourth-order valence-corrected chi connectivity index (χ4v) is 3.64. The normalized spacial score (nSPS) is 10.9. The van der Waals surface area contributed by atoms with E-state index in [2.05, 4.69) is 30.2 Å². The van der Waals surface area contributed by atoms with Crippen LogP contribution in [0.4, 0.5) is 36.6 Å². The monoisotopic (exact) mass is 702 g/mol. The largest absolute Gasteiger partial charge is 0.493 e. The van der Waals surface area contributed by atoms with Gasteiger partial charge in [0.2, 0.25) is 0 Å². The molecule has 0 spiro atoms. The van der Waals surface area contributed by atoms with E-state index in [0.717, 1.165) is 0 Å². The average Bonchev–Trinajstić information content (AvgIpc) is 3.52. The highest BCUT2D eigenvalue weighted by Crippen LogP contribution is 2.38. The lowest BCUT2D eigenvalue weighted by Crippen LogP contribution is -2.22. The van der Waals surface area contributed by atoms with Gasteiger partial charge in [0.25, 0.3) is 5.91 Å². The molecule has 4 N–H and O–H groups in total. The van der Waals surface area contributed by atoms with E-state index < -0.39 is 30.1 Å². The number of pyridine rings is 1. The van der Waals surface area contributed by atoms with Gasteiger partial charge in [0, 0.05) is 32.4 Å². The van der Waals surface area contributed by atoms with Crippen molar-refractivity contribution in [2.75, 3.05) is 32.6 Å². The van der Waals surface area contributed by atoms with Gasteiger partial charge in [-0.25, -0.2) is 28.9 Å². The van der Waals surface area contributed by atoms with Gasteiger partial charge in [-0.15, -0.1) is 0 Å². The molecular formula is C28H25F7N8O6. The van der Waals surface area contributed by atoms with E-state index in [0.29, 0.717) is 53.4 Å². The van der Waals surface area contributed by atoms with E-state index in [9.17, 15) is 36.4 Å². The van der Waals surface area contributed by atoms with Crippen LogP contribution in [0.5, 0.6) is 5.75 Å². The molecule has 4 rings (SSSR count). The van der Waals surface area contributed by atoms with Crippen molar-refractivity contribution in [1.29, 1.82) is 5.26 Å². The number of alkyl halides is 6. The van der Waals surface area contributed by atoms with Crippen molar-refractivity contribution >= 4 is 34.8 Å². The number of aromatic amines is 1. The Morgan fingerprint density at radius 2 is 1.63 bits per heavy atom. The zero-order chi connectivity index (χ0) is 37.1. The number of nitrogens with zero attached hydrogens (tertiary/aromatic N) is 6. The molecule has 0 saturated heterocycles. The van der Waals surface area contributed by atoms with Gasteiger partial charge in [-0.2, -0.15) is 31.6 Å². The van der Waals surface area contributed by atoms with E-state index in [4.69, 9.17) is 24.5 Å². The summed E-state index contributed by atoms with van der Waals surface area (Å²) in [6.45, 7) is 2.51. The Kier molecular flexibility index (Phi) is 13.3. The molecule has 0 aliphatic heterocycles. The van der Waals surface area contributed by atoms with Crippen molar-refractivity contribution in [2.45, 2.75) is 25.7 Å². The first-order chi connectivity index (χ1) is 22.8. The third kappa shape index (κ3) is 10.7. The van der Waals surface area contributed by atoms with Gasteiger partial charge in [-0.3, -0.25) is 9.78 Å². The van der Waals surface area contributed by atoms with Crippen molar-refractivity contribution in [3.63, 3.8) is 0 Å². The van der Waals surface area contributed by atoms with E-state index in [1.165, 1.54) is 35.9 Å². The standard InChI is InChI=1S/C24H23FN8O2.2C2HF3O2/c1-4-35-21-14(7-8-27-22-20-23(30-12-29-20)32-13-31-22)9-16(10-26)19(25)18(21)15-5-6-17(28-11-15)24(34)33(2)3;2*3-2(4,5)1(6)7/h5-6,9,11-13H,4,7-8H2,1-3H3,(H2,27,29,30,31,32);2*(H,6,7). The number of aliphatic carboxylic acids is 2. The van der Waals surface area contributed by atoms with Crippen molar-refractivity contribution in [1.82, 2.24) is 29.8 Å². The number of carbonyl (C=O) groups is 3. The van der Waals surface area contributed by atoms with E-state index in [-0.39, 0.29) is 22.7 Å². The molecule has 0 atom stereocenters. The van der Waals surface area contributed by atoms with E-state index >= 15 is 4.39 Å². The maximum absolute atomic E-state index is 15.4. The van der Waals surface area contributed by atoms with Crippen LogP contribution in [0.1, 0.15) is 28.5 Å². The minimum absolute atomic E-state index is 0.108. The number of hydrogen-bond donors (Lipinski definition) is 4. The summed E-state index contributed by atoms with van der Waals surface area (Å²) in [4.78, 5) is 51.1. The summed E-state index contributed by atoms with van der Waals surface area (Å²) < 4.78 is 84.7. The highest BCUT2D eigenvalue weighted by atomic mass is 19.4. The minimum Gasteiger partial charge on any atom is -0.493 e. The number of carbonyl (C=O) groups excluding carboxylic acids is 1. The number of hydrogen-bond acceptors (Lipinski definition) is 10. The fraction of sp³-hybridized carbons (Fsp3) is 0.286. The first kappa shape index (κ1) is 39.1. The highest BCUT2D eigenvalue weighted by molar-refractivity contribution is 5.92. The number of ether oxygens (including phenoxy) is 1. The number of anilines is 1. The van der Waals surface area contributed by atoms with Crippen LogP contribution >= 0.6 is 0 Å². The van der Waals surface area contributed by atoms with Crippen LogP contribution in [0.15, 0.2) is 37.1 Å². The summed E-state index contributed by atoms with van der Waals surface area (Å²) in [5.41, 5.74) is 2.52. The molecule has 4 aromatic rings. The van der Waals surface area contributed by atoms with Gasteiger partial charge in [-0.1, -0.05) is 6.07 Å². The Hall–Kier alpha value is -6.07. The number of halogens is 7. The Balaban J connectivity index is 0.000000500. The molecule has 21 heteroatoms. The smallest absolute Gasteiger partial charge is 0.490 e. The summed E-state index contributed by atoms with van der Waals surface area (Å²) in [5.74, 6) is -5.60. The number of carboxylic acids is 2. The second kappa shape index (κ2) is 16.7. The Morgan fingerprint density at radius 1 is 1.02 bits per heavy atom. The molecule has 0 unspecified atom stereocenters. The van der Waals surface area contributed by atoms with E-state index in [1.807, 2.05) is 6.07 Å². The number of carboxylic acid groups (broad SMARTS) is 2. The van der Waals surface area contributed by atoms with Crippen LogP contribution in [-0.4, -0.2) is 97.5 Å². The van der Waals surface area contributed by atoms with Gasteiger partial charge >= 0.3 is 24.3 Å². The van der Waals surface area contributed by atoms with Crippen molar-refractivity contribution in [2.24, 2.45) is 0 Å². The van der Waals surface area contributed by atoms with Gasteiger partial charge in [0.05, 0.1) is 24.1 Å². The second-order valence-electron chi connectivity index (χ2n) is 9.38. The summed E-state index contributed by atoms with van der Waals surface area (Å²) in [7, 11) is 3.25. The molecule has 0 saturated carbocycles. The number of nitriles is 1. The van der Waals surface area contributed by atoms with Crippen LogP contribution in [0.3, 0.4) is 0 Å². The van der Waals surface area contributed by atoms with Crippen molar-refractivity contribution in [3.8, 4) is 22.9 Å². The number of fused-ring (bicyclic) bond motifs is 1. The number of amides is 1. The summed E-state index contributed by atoms with van der Waals surface area (Å²) in [6.07, 6.45) is -5.38. The molecule has 3 heterocycles. The van der Waals surface area contributed by atoms with Crippen LogP contribution in [0.2, 0.25) is 0 Å². The topological polar surface area (TPSA) is 207 Å². The molecule has 1 amide bonds. The quantitative estimate of drug-likeness (QED) is 0.188. The first-order valence-electron chi connectivity index (χ1n) is 13.4. The van der Waals surface area contributed by atoms with Crippen LogP contribution < -0.4 is 10.1 Å². The summed E-state index contributed by atoms with van der Waals surface area (Å²) in [6, 6.07) is 6.54. The molecule has 262 valence electrons. The Bertz CT molecular complexity index is 1800. The number of aromatic nitrogens is 5. The van der Waals surface area contributed by atoms with Crippen LogP contribution in [0, 0.1) is 17.1 Å². The van der Waals surface area contributed by atoms with Crippen molar-refractivity contribution < 1.29 is 60.1 Å². The molecule has 0 radical (unpaired) electrons. The molecule has 14 nitrogen and oxygen atoms in total. The van der Waals surface area contributed by atoms with Gasteiger partial charge in [0.15, 0.2) is 17.3 Å². The predicted octanol–water partition coefficient (Wildman–Crippen LogP) is 4.45. The summed E-state index contributed by atoms with van der Waals surface area (Å²) >= 11 is 0. The third-order valence-corrected chi connectivity index (χ3v) is 5.77. The summed E-state index contributed by atoms with van der Waals surface area (Å²) in [5, 5.41) is 27.0. The zero-order valence-corrected chi connectivity index (χ0v) is 25.4. The lowest BCUT2D eigenvalue weighted by atomic mass is 9.96. The van der Waals surface area contributed by atoms with Gasteiger partial charge in [0.1, 0.15) is 29.4 Å². The Morgan fingerprint density at radius 3 is 2.12 bits per heavy atom. The van der Waals surface area contributed by atoms with Crippen LogP contribution in [0.25, 0.3) is 22.3 Å². The first-order valence-corrected chi connectivity index (χ1v) is 13.4. The number of rotatable bonds is 8. The maximum atomic E-state index is 15.4. The molecular weight excluding hydrogens is 677 g/mol. The SMILES string of the molecule is CCOc1c(CCNc2ncnc3[nH]cnc23)cc(C#N)c(F)c1-c1ccc(C(=O)N(C)C)nc1.O=C(O)C(F)(F)F.O=C(O)C(F)(F)F.